The van der Waals surface area contributed by atoms with E-state index < -0.39 is 17.7 Å². The second-order valence-corrected chi connectivity index (χ2v) is 4.44. The van der Waals surface area contributed by atoms with Gasteiger partial charge in [0.2, 0.25) is 0 Å². The van der Waals surface area contributed by atoms with Gasteiger partial charge in [0.1, 0.15) is 11.6 Å². The molecule has 1 heterocycles. The monoisotopic (exact) mass is 242 g/mol. The van der Waals surface area contributed by atoms with E-state index in [0.717, 1.165) is 37.5 Å². The van der Waals surface area contributed by atoms with Crippen molar-refractivity contribution in [2.24, 2.45) is 0 Å². The van der Waals surface area contributed by atoms with Crippen molar-refractivity contribution < 1.29 is 18.6 Å². The first-order valence-electron chi connectivity index (χ1n) is 5.91. The van der Waals surface area contributed by atoms with E-state index in [0.29, 0.717) is 13.0 Å². The molecule has 4 heteroatoms. The lowest BCUT2D eigenvalue weighted by Crippen LogP contribution is -2.21. The number of hydrogen-bond acceptors (Lipinski definition) is 2. The van der Waals surface area contributed by atoms with Crippen LogP contribution in [0.1, 0.15) is 37.4 Å². The number of aliphatic hydroxyl groups is 1. The maximum absolute atomic E-state index is 13.0. The molecule has 0 radical (unpaired) electrons. The Morgan fingerprint density at radius 1 is 1.24 bits per heavy atom. The molecule has 1 N–H and O–H groups in total. The summed E-state index contributed by atoms with van der Waals surface area (Å²) in [5.74, 6) is -1.33. The molecular weight excluding hydrogens is 226 g/mol. The average Bonchev–Trinajstić information content (AvgIpc) is 2.29. The van der Waals surface area contributed by atoms with E-state index in [1.54, 1.807) is 0 Å². The zero-order chi connectivity index (χ0) is 12.3. The van der Waals surface area contributed by atoms with Gasteiger partial charge in [-0.2, -0.15) is 0 Å². The van der Waals surface area contributed by atoms with Crippen molar-refractivity contribution in [3.05, 3.63) is 35.4 Å². The highest BCUT2D eigenvalue weighted by atomic mass is 19.1. The van der Waals surface area contributed by atoms with Crippen LogP contribution in [0.15, 0.2) is 18.2 Å². The molecule has 0 aromatic heterocycles. The minimum absolute atomic E-state index is 0.00919. The Morgan fingerprint density at radius 2 is 1.94 bits per heavy atom. The third kappa shape index (κ3) is 3.48. The van der Waals surface area contributed by atoms with E-state index in [-0.39, 0.29) is 11.7 Å². The third-order valence-corrected chi connectivity index (χ3v) is 3.03. The van der Waals surface area contributed by atoms with Crippen LogP contribution in [-0.4, -0.2) is 17.8 Å². The van der Waals surface area contributed by atoms with Crippen molar-refractivity contribution in [3.63, 3.8) is 0 Å². The van der Waals surface area contributed by atoms with Gasteiger partial charge in [-0.05, 0) is 37.0 Å². The number of benzene rings is 1. The Labute approximate surface area is 99.2 Å². The summed E-state index contributed by atoms with van der Waals surface area (Å²) in [7, 11) is 0. The average molecular weight is 242 g/mol. The second kappa shape index (κ2) is 5.56. The molecule has 1 aliphatic rings. The molecule has 2 atom stereocenters. The quantitative estimate of drug-likeness (QED) is 0.883. The van der Waals surface area contributed by atoms with Crippen molar-refractivity contribution in [1.82, 2.24) is 0 Å². The van der Waals surface area contributed by atoms with Crippen LogP contribution in [0.5, 0.6) is 0 Å². The van der Waals surface area contributed by atoms with E-state index in [2.05, 4.69) is 0 Å². The van der Waals surface area contributed by atoms with E-state index in [1.807, 2.05) is 0 Å². The highest BCUT2D eigenvalue weighted by Gasteiger charge is 2.19. The summed E-state index contributed by atoms with van der Waals surface area (Å²) in [4.78, 5) is 0. The molecular formula is C13H16F2O2. The van der Waals surface area contributed by atoms with Crippen molar-refractivity contribution in [1.29, 1.82) is 0 Å². The topological polar surface area (TPSA) is 29.5 Å². The first-order valence-corrected chi connectivity index (χ1v) is 5.91. The molecule has 17 heavy (non-hydrogen) atoms. The van der Waals surface area contributed by atoms with Gasteiger partial charge in [0.25, 0.3) is 0 Å². The van der Waals surface area contributed by atoms with Crippen LogP contribution in [0.4, 0.5) is 8.78 Å². The van der Waals surface area contributed by atoms with Crippen LogP contribution in [0, 0.1) is 11.6 Å². The fourth-order valence-electron chi connectivity index (χ4n) is 2.15. The van der Waals surface area contributed by atoms with Gasteiger partial charge < -0.3 is 9.84 Å². The molecule has 1 fully saturated rings. The Balaban J connectivity index is 2.00. The molecule has 0 bridgehead atoms. The van der Waals surface area contributed by atoms with Crippen LogP contribution in [-0.2, 0) is 4.74 Å². The van der Waals surface area contributed by atoms with E-state index in [1.165, 1.54) is 0 Å². The van der Waals surface area contributed by atoms with Gasteiger partial charge in [0.15, 0.2) is 0 Å². The van der Waals surface area contributed by atoms with Gasteiger partial charge in [0.05, 0.1) is 12.2 Å². The maximum Gasteiger partial charge on any atom is 0.126 e. The molecule has 1 aromatic rings. The second-order valence-electron chi connectivity index (χ2n) is 4.44. The van der Waals surface area contributed by atoms with Crippen molar-refractivity contribution >= 4 is 0 Å². The zero-order valence-electron chi connectivity index (χ0n) is 9.53. The highest BCUT2D eigenvalue weighted by Crippen LogP contribution is 2.25. The minimum Gasteiger partial charge on any atom is -0.388 e. The number of hydrogen-bond donors (Lipinski definition) is 1. The minimum atomic E-state index is -0.872. The van der Waals surface area contributed by atoms with Gasteiger partial charge in [0, 0.05) is 19.1 Å². The van der Waals surface area contributed by atoms with E-state index in [9.17, 15) is 13.9 Å². The smallest absolute Gasteiger partial charge is 0.126 e. The summed E-state index contributed by atoms with van der Waals surface area (Å²) in [5.41, 5.74) is 0.275. The first kappa shape index (κ1) is 12.5. The fourth-order valence-corrected chi connectivity index (χ4v) is 2.15. The summed E-state index contributed by atoms with van der Waals surface area (Å²) in [6.45, 7) is 0.703. The molecule has 2 nitrogen and oxygen atoms in total. The lowest BCUT2D eigenvalue weighted by atomic mass is 9.99. The predicted molar refractivity (Wildman–Crippen MR) is 59.5 cm³/mol. The Bertz CT molecular complexity index is 355. The number of rotatable bonds is 3. The van der Waals surface area contributed by atoms with Crippen molar-refractivity contribution in [2.45, 2.75) is 37.9 Å². The summed E-state index contributed by atoms with van der Waals surface area (Å²) in [6, 6.07) is 3.13. The van der Waals surface area contributed by atoms with Gasteiger partial charge in [-0.25, -0.2) is 8.78 Å². The standard InChI is InChI=1S/C13H16F2O2/c14-10-5-9(6-11(15)7-10)13(16)8-12-3-1-2-4-17-12/h5-7,12-13,16H,1-4,8H2. The molecule has 0 spiro atoms. The van der Waals surface area contributed by atoms with Gasteiger partial charge in [-0.1, -0.05) is 0 Å². The van der Waals surface area contributed by atoms with Gasteiger partial charge in [-0.15, -0.1) is 0 Å². The SMILES string of the molecule is OC(CC1CCCCO1)c1cc(F)cc(F)c1. The Morgan fingerprint density at radius 3 is 2.53 bits per heavy atom. The molecule has 0 amide bonds. The van der Waals surface area contributed by atoms with Crippen molar-refractivity contribution in [2.75, 3.05) is 6.61 Å². The third-order valence-electron chi connectivity index (χ3n) is 3.03. The maximum atomic E-state index is 13.0. The normalized spacial score (nSPS) is 22.4. The molecule has 1 aliphatic heterocycles. The van der Waals surface area contributed by atoms with Gasteiger partial charge in [-0.3, -0.25) is 0 Å². The Kier molecular flexibility index (Phi) is 4.07. The van der Waals surface area contributed by atoms with Crippen LogP contribution >= 0.6 is 0 Å². The zero-order valence-corrected chi connectivity index (χ0v) is 9.53. The summed E-state index contributed by atoms with van der Waals surface area (Å²) in [5, 5.41) is 9.91. The molecule has 0 saturated carbocycles. The number of aliphatic hydroxyl groups excluding tert-OH is 1. The molecule has 94 valence electrons. The molecule has 1 saturated heterocycles. The van der Waals surface area contributed by atoms with E-state index in [4.69, 9.17) is 4.74 Å². The lowest BCUT2D eigenvalue weighted by Gasteiger charge is -2.24. The summed E-state index contributed by atoms with van der Waals surface area (Å²) in [6.07, 6.45) is 2.53. The molecule has 1 aromatic carbocycles. The molecule has 2 unspecified atom stereocenters. The molecule has 2 rings (SSSR count). The fraction of sp³-hybridized carbons (Fsp3) is 0.538. The lowest BCUT2D eigenvalue weighted by molar-refractivity contribution is -0.0156. The van der Waals surface area contributed by atoms with Crippen LogP contribution in [0.25, 0.3) is 0 Å². The van der Waals surface area contributed by atoms with E-state index >= 15 is 0 Å². The first-order chi connectivity index (χ1) is 8.15. The van der Waals surface area contributed by atoms with Crippen LogP contribution < -0.4 is 0 Å². The summed E-state index contributed by atoms with van der Waals surface area (Å²) >= 11 is 0. The predicted octanol–water partition coefficient (Wildman–Crippen LogP) is 2.96. The molecule has 0 aliphatic carbocycles. The van der Waals surface area contributed by atoms with Crippen molar-refractivity contribution in [3.8, 4) is 0 Å². The number of ether oxygens (including phenoxy) is 1. The van der Waals surface area contributed by atoms with Crippen LogP contribution in [0.3, 0.4) is 0 Å². The Hall–Kier alpha value is -1.00. The highest BCUT2D eigenvalue weighted by molar-refractivity contribution is 5.20. The summed E-state index contributed by atoms with van der Waals surface area (Å²) < 4.78 is 31.5. The largest absolute Gasteiger partial charge is 0.388 e. The van der Waals surface area contributed by atoms with Gasteiger partial charge >= 0.3 is 0 Å². The van der Waals surface area contributed by atoms with Crippen LogP contribution in [0.2, 0.25) is 0 Å². The number of halogens is 2.